The highest BCUT2D eigenvalue weighted by atomic mass is 35.5. The molecular formula is C29H24ClN3O3S2. The van der Waals surface area contributed by atoms with Gasteiger partial charge >= 0.3 is 5.91 Å². The molecule has 0 spiro atoms. The summed E-state index contributed by atoms with van der Waals surface area (Å²) >= 11 is 9.04. The largest absolute Gasteiger partial charge is 0.507 e. The van der Waals surface area contributed by atoms with Crippen molar-refractivity contribution >= 4 is 57.3 Å². The Labute approximate surface area is 234 Å². The summed E-state index contributed by atoms with van der Waals surface area (Å²) in [5.74, 6) is -1.08. The maximum absolute atomic E-state index is 13.4. The number of carbonyl (C=O) groups is 2. The van der Waals surface area contributed by atoms with Crippen LogP contribution in [0.3, 0.4) is 0 Å². The lowest BCUT2D eigenvalue weighted by atomic mass is 9.93. The molecule has 1 fully saturated rings. The van der Waals surface area contributed by atoms with E-state index in [4.69, 9.17) is 11.6 Å². The number of aliphatic hydroxyl groups excluding tert-OH is 1. The summed E-state index contributed by atoms with van der Waals surface area (Å²) in [7, 11) is 0. The van der Waals surface area contributed by atoms with E-state index >= 15 is 0 Å². The molecular weight excluding hydrogens is 538 g/mol. The molecule has 1 saturated heterocycles. The highest BCUT2D eigenvalue weighted by Crippen LogP contribution is 2.44. The third-order valence-electron chi connectivity index (χ3n) is 6.34. The fraction of sp³-hybridized carbons (Fsp3) is 0.172. The first-order valence-corrected chi connectivity index (χ1v) is 14.1. The number of amides is 1. The lowest BCUT2D eigenvalue weighted by molar-refractivity contribution is -0.132. The Bertz CT molecular complexity index is 1580. The highest BCUT2D eigenvalue weighted by Gasteiger charge is 2.48. The minimum Gasteiger partial charge on any atom is -0.507 e. The molecule has 0 saturated carbocycles. The standard InChI is InChI=1S/C29H24ClN3O3S2/c1-16-8-11-19(12-9-16)15-37-29-32-31-28(38-29)33-24(20-5-4-6-21(30)14-20)23(26(35)27(33)36)25(34)22-13-17(2)7-10-18(22)3/h4-14,24,34H,15H2,1-3H3/b25-23+. The summed E-state index contributed by atoms with van der Waals surface area (Å²) in [6.45, 7) is 5.79. The first kappa shape index (κ1) is 26.2. The van der Waals surface area contributed by atoms with E-state index in [1.54, 1.807) is 30.3 Å². The third kappa shape index (κ3) is 5.12. The van der Waals surface area contributed by atoms with Crippen molar-refractivity contribution in [2.45, 2.75) is 36.9 Å². The molecule has 0 aliphatic carbocycles. The van der Waals surface area contributed by atoms with Crippen LogP contribution >= 0.6 is 34.7 Å². The maximum Gasteiger partial charge on any atom is 0.301 e. The van der Waals surface area contributed by atoms with Gasteiger partial charge in [-0.1, -0.05) is 94.4 Å². The summed E-state index contributed by atoms with van der Waals surface area (Å²) in [5, 5.41) is 20.7. The quantitative estimate of drug-likeness (QED) is 0.0894. The van der Waals surface area contributed by atoms with Crippen molar-refractivity contribution in [1.29, 1.82) is 0 Å². The van der Waals surface area contributed by atoms with Gasteiger partial charge in [0.1, 0.15) is 5.76 Å². The Morgan fingerprint density at radius 3 is 2.47 bits per heavy atom. The van der Waals surface area contributed by atoms with Gasteiger partial charge in [-0.25, -0.2) is 0 Å². The van der Waals surface area contributed by atoms with Crippen LogP contribution in [0.15, 0.2) is 76.6 Å². The lowest BCUT2D eigenvalue weighted by Crippen LogP contribution is -2.29. The fourth-order valence-electron chi connectivity index (χ4n) is 4.35. The Balaban J connectivity index is 1.56. The molecule has 0 bridgehead atoms. The number of nitrogens with zero attached hydrogens (tertiary/aromatic N) is 3. The van der Waals surface area contributed by atoms with Gasteiger partial charge in [-0.15, -0.1) is 10.2 Å². The van der Waals surface area contributed by atoms with Gasteiger partial charge in [0.05, 0.1) is 11.6 Å². The summed E-state index contributed by atoms with van der Waals surface area (Å²) in [6.07, 6.45) is 0. The van der Waals surface area contributed by atoms with Gasteiger partial charge in [-0.05, 0) is 55.7 Å². The monoisotopic (exact) mass is 561 g/mol. The zero-order chi connectivity index (χ0) is 27.0. The molecule has 38 heavy (non-hydrogen) atoms. The molecule has 5 rings (SSSR count). The SMILES string of the molecule is Cc1ccc(CSc2nnc(N3C(=O)C(=O)/C(=C(/O)c4cc(C)ccc4C)C3c3cccc(Cl)c3)s2)cc1. The van der Waals surface area contributed by atoms with Gasteiger partial charge in [-0.2, -0.15) is 0 Å². The molecule has 1 unspecified atom stereocenters. The zero-order valence-corrected chi connectivity index (χ0v) is 23.3. The van der Waals surface area contributed by atoms with Gasteiger partial charge in [-0.3, -0.25) is 14.5 Å². The third-order valence-corrected chi connectivity index (χ3v) is 8.70. The number of hydrogen-bond donors (Lipinski definition) is 1. The highest BCUT2D eigenvalue weighted by molar-refractivity contribution is 8.00. The van der Waals surface area contributed by atoms with Gasteiger partial charge < -0.3 is 5.11 Å². The smallest absolute Gasteiger partial charge is 0.301 e. The first-order chi connectivity index (χ1) is 18.2. The number of carbonyl (C=O) groups excluding carboxylic acids is 2. The number of aliphatic hydroxyl groups is 1. The Morgan fingerprint density at radius 2 is 1.74 bits per heavy atom. The number of aromatic nitrogens is 2. The van der Waals surface area contributed by atoms with E-state index in [1.165, 1.54) is 33.6 Å². The van der Waals surface area contributed by atoms with Crippen LogP contribution in [0.4, 0.5) is 5.13 Å². The Kier molecular flexibility index (Phi) is 7.38. The van der Waals surface area contributed by atoms with Crippen LogP contribution in [0.1, 0.15) is 39.4 Å². The van der Waals surface area contributed by atoms with Crippen molar-refractivity contribution in [3.63, 3.8) is 0 Å². The molecule has 192 valence electrons. The number of hydrogen-bond acceptors (Lipinski definition) is 7. The van der Waals surface area contributed by atoms with E-state index in [1.807, 2.05) is 32.9 Å². The summed E-state index contributed by atoms with van der Waals surface area (Å²) < 4.78 is 0.668. The average Bonchev–Trinajstić information content (AvgIpc) is 3.47. The van der Waals surface area contributed by atoms with Crippen LogP contribution in [0.2, 0.25) is 5.02 Å². The van der Waals surface area contributed by atoms with Gasteiger partial charge in [0.2, 0.25) is 5.13 Å². The number of aryl methyl sites for hydroxylation is 3. The topological polar surface area (TPSA) is 83.4 Å². The van der Waals surface area contributed by atoms with E-state index in [0.29, 0.717) is 26.2 Å². The number of ketones is 1. The van der Waals surface area contributed by atoms with Crippen molar-refractivity contribution in [1.82, 2.24) is 10.2 Å². The number of halogens is 1. The minimum atomic E-state index is -0.906. The van der Waals surface area contributed by atoms with Gasteiger partial charge in [0.25, 0.3) is 5.78 Å². The number of thioether (sulfide) groups is 1. The number of Topliss-reactive ketones (excluding diaryl/α,β-unsaturated/α-hetero) is 1. The molecule has 3 aromatic carbocycles. The van der Waals surface area contributed by atoms with E-state index in [0.717, 1.165) is 16.7 Å². The predicted molar refractivity (Wildman–Crippen MR) is 153 cm³/mol. The van der Waals surface area contributed by atoms with E-state index in [9.17, 15) is 14.7 Å². The van der Waals surface area contributed by atoms with Crippen LogP contribution in [0.5, 0.6) is 0 Å². The number of anilines is 1. The molecule has 1 aliphatic rings. The average molecular weight is 562 g/mol. The lowest BCUT2D eigenvalue weighted by Gasteiger charge is -2.23. The van der Waals surface area contributed by atoms with Crippen LogP contribution < -0.4 is 4.90 Å². The zero-order valence-electron chi connectivity index (χ0n) is 20.9. The predicted octanol–water partition coefficient (Wildman–Crippen LogP) is 7.04. The number of rotatable bonds is 6. The molecule has 6 nitrogen and oxygen atoms in total. The fourth-order valence-corrected chi connectivity index (χ4v) is 6.37. The second-order valence-electron chi connectivity index (χ2n) is 9.17. The van der Waals surface area contributed by atoms with Crippen LogP contribution in [0, 0.1) is 20.8 Å². The molecule has 1 N–H and O–H groups in total. The summed E-state index contributed by atoms with van der Waals surface area (Å²) in [4.78, 5) is 28.2. The van der Waals surface area contributed by atoms with E-state index in [-0.39, 0.29) is 16.5 Å². The van der Waals surface area contributed by atoms with Crippen molar-refractivity contribution in [2.24, 2.45) is 0 Å². The molecule has 9 heteroatoms. The second kappa shape index (κ2) is 10.7. The Hall–Kier alpha value is -3.46. The van der Waals surface area contributed by atoms with E-state index < -0.39 is 17.7 Å². The molecule has 1 atom stereocenters. The van der Waals surface area contributed by atoms with Gasteiger partial charge in [0.15, 0.2) is 4.34 Å². The van der Waals surface area contributed by atoms with Crippen molar-refractivity contribution in [2.75, 3.05) is 4.90 Å². The second-order valence-corrected chi connectivity index (χ2v) is 11.8. The van der Waals surface area contributed by atoms with E-state index in [2.05, 4.69) is 34.5 Å². The van der Waals surface area contributed by atoms with Crippen molar-refractivity contribution in [3.8, 4) is 0 Å². The number of benzene rings is 3. The minimum absolute atomic E-state index is 0.00461. The molecule has 4 aromatic rings. The molecule has 1 amide bonds. The molecule has 0 radical (unpaired) electrons. The normalized spacial score (nSPS) is 16.8. The Morgan fingerprint density at radius 1 is 1.00 bits per heavy atom. The maximum atomic E-state index is 13.4. The molecule has 2 heterocycles. The van der Waals surface area contributed by atoms with Crippen molar-refractivity contribution in [3.05, 3.63) is 111 Å². The first-order valence-electron chi connectivity index (χ1n) is 11.9. The van der Waals surface area contributed by atoms with Crippen molar-refractivity contribution < 1.29 is 14.7 Å². The summed E-state index contributed by atoms with van der Waals surface area (Å²) in [5.41, 5.74) is 5.13. The van der Waals surface area contributed by atoms with Crippen LogP contribution in [-0.4, -0.2) is 27.0 Å². The van der Waals surface area contributed by atoms with Crippen LogP contribution in [0.25, 0.3) is 5.76 Å². The van der Waals surface area contributed by atoms with Gasteiger partial charge in [0, 0.05) is 16.3 Å². The van der Waals surface area contributed by atoms with Crippen LogP contribution in [-0.2, 0) is 15.3 Å². The molecule has 1 aromatic heterocycles. The summed E-state index contributed by atoms with van der Waals surface area (Å²) in [6, 6.07) is 19.9. The molecule has 1 aliphatic heterocycles.